The summed E-state index contributed by atoms with van der Waals surface area (Å²) in [5, 5.41) is 2.98. The van der Waals surface area contributed by atoms with Gasteiger partial charge in [0.2, 0.25) is 15.9 Å². The summed E-state index contributed by atoms with van der Waals surface area (Å²) in [5.74, 6) is -0.519. The largest absolute Gasteiger partial charge is 0.325 e. The number of hydrogen-bond acceptors (Lipinski definition) is 3. The summed E-state index contributed by atoms with van der Waals surface area (Å²) in [6.45, 7) is 8.05. The molecule has 1 saturated carbocycles. The molecule has 2 aromatic carbocycles. The highest BCUT2D eigenvalue weighted by molar-refractivity contribution is 7.89. The van der Waals surface area contributed by atoms with Crippen LogP contribution in [0.4, 0.5) is 10.1 Å². The van der Waals surface area contributed by atoms with Crippen molar-refractivity contribution in [2.45, 2.75) is 57.3 Å². The quantitative estimate of drug-likeness (QED) is 0.699. The van der Waals surface area contributed by atoms with E-state index in [0.29, 0.717) is 31.6 Å². The van der Waals surface area contributed by atoms with Crippen LogP contribution in [0.5, 0.6) is 0 Å². The number of anilines is 1. The van der Waals surface area contributed by atoms with Crippen LogP contribution in [0.25, 0.3) is 0 Å². The van der Waals surface area contributed by atoms with Crippen molar-refractivity contribution in [3.05, 3.63) is 58.9 Å². The van der Waals surface area contributed by atoms with Gasteiger partial charge in [-0.1, -0.05) is 32.4 Å². The van der Waals surface area contributed by atoms with Gasteiger partial charge in [0.15, 0.2) is 0 Å². The van der Waals surface area contributed by atoms with Crippen LogP contribution in [-0.4, -0.2) is 31.7 Å². The maximum absolute atomic E-state index is 13.4. The molecular formula is C23H29FN2O3S. The van der Waals surface area contributed by atoms with Crippen LogP contribution in [0, 0.1) is 19.7 Å². The second kappa shape index (κ2) is 8.47. The standard InChI is InChI=1S/C23H29FN2O3S/c1-5-26(6-2)30(28,29)20-14-16(3)17(4)21(15-20)25-22(27)23(12-7-13-23)18-8-10-19(24)11-9-18/h8-11,14-15H,5-7,12-13H2,1-4H3,(H,25,27). The number of rotatable bonds is 7. The number of carbonyl (C=O) groups is 1. The van der Waals surface area contributed by atoms with E-state index in [4.69, 9.17) is 0 Å². The Morgan fingerprint density at radius 1 is 1.10 bits per heavy atom. The van der Waals surface area contributed by atoms with Crippen molar-refractivity contribution in [3.63, 3.8) is 0 Å². The first kappa shape index (κ1) is 22.4. The van der Waals surface area contributed by atoms with Crippen LogP contribution in [0.1, 0.15) is 49.8 Å². The number of benzene rings is 2. The molecule has 1 N–H and O–H groups in total. The van der Waals surface area contributed by atoms with Crippen LogP contribution in [0.2, 0.25) is 0 Å². The molecule has 162 valence electrons. The highest BCUT2D eigenvalue weighted by Gasteiger charge is 2.45. The highest BCUT2D eigenvalue weighted by Crippen LogP contribution is 2.45. The molecule has 0 bridgehead atoms. The van der Waals surface area contributed by atoms with Gasteiger partial charge >= 0.3 is 0 Å². The number of halogens is 1. The average molecular weight is 433 g/mol. The van der Waals surface area contributed by atoms with Gasteiger partial charge in [-0.05, 0) is 67.6 Å². The van der Waals surface area contributed by atoms with E-state index in [1.807, 2.05) is 13.8 Å². The Morgan fingerprint density at radius 2 is 1.70 bits per heavy atom. The van der Waals surface area contributed by atoms with E-state index in [9.17, 15) is 17.6 Å². The lowest BCUT2D eigenvalue weighted by atomic mass is 9.63. The van der Waals surface area contributed by atoms with Gasteiger partial charge in [0.05, 0.1) is 10.3 Å². The Morgan fingerprint density at radius 3 is 2.20 bits per heavy atom. The minimum atomic E-state index is -3.64. The molecule has 0 atom stereocenters. The van der Waals surface area contributed by atoms with E-state index < -0.39 is 15.4 Å². The highest BCUT2D eigenvalue weighted by atomic mass is 32.2. The summed E-state index contributed by atoms with van der Waals surface area (Å²) in [7, 11) is -3.64. The van der Waals surface area contributed by atoms with Crippen molar-refractivity contribution < 1.29 is 17.6 Å². The normalized spacial score (nSPS) is 15.7. The zero-order chi connectivity index (χ0) is 22.1. The first-order valence-electron chi connectivity index (χ1n) is 10.3. The van der Waals surface area contributed by atoms with Crippen molar-refractivity contribution in [2.75, 3.05) is 18.4 Å². The van der Waals surface area contributed by atoms with Crippen molar-refractivity contribution in [3.8, 4) is 0 Å². The van der Waals surface area contributed by atoms with Gasteiger partial charge in [-0.2, -0.15) is 4.31 Å². The number of amides is 1. The van der Waals surface area contributed by atoms with Gasteiger partial charge in [-0.3, -0.25) is 4.79 Å². The second-order valence-corrected chi connectivity index (χ2v) is 9.84. The summed E-state index contributed by atoms with van der Waals surface area (Å²) in [4.78, 5) is 13.5. The molecular weight excluding hydrogens is 403 g/mol. The average Bonchev–Trinajstić information content (AvgIpc) is 2.66. The predicted octanol–water partition coefficient (Wildman–Crippen LogP) is 4.53. The fourth-order valence-electron chi connectivity index (χ4n) is 4.01. The van der Waals surface area contributed by atoms with Gasteiger partial charge < -0.3 is 5.32 Å². The number of carbonyl (C=O) groups excluding carboxylic acids is 1. The van der Waals surface area contributed by atoms with Crippen molar-refractivity contribution in [2.24, 2.45) is 0 Å². The zero-order valence-electron chi connectivity index (χ0n) is 18.0. The van der Waals surface area contributed by atoms with Crippen LogP contribution < -0.4 is 5.32 Å². The smallest absolute Gasteiger partial charge is 0.243 e. The van der Waals surface area contributed by atoms with E-state index in [0.717, 1.165) is 23.1 Å². The van der Waals surface area contributed by atoms with Crippen molar-refractivity contribution >= 4 is 21.6 Å². The molecule has 0 unspecified atom stereocenters. The van der Waals surface area contributed by atoms with Crippen LogP contribution in [0.3, 0.4) is 0 Å². The molecule has 3 rings (SSSR count). The van der Waals surface area contributed by atoms with Crippen LogP contribution in [-0.2, 0) is 20.2 Å². The summed E-state index contributed by atoms with van der Waals surface area (Å²) in [6, 6.07) is 9.26. The molecule has 1 aliphatic rings. The Hall–Kier alpha value is -2.25. The number of aryl methyl sites for hydroxylation is 1. The third-order valence-corrected chi connectivity index (χ3v) is 8.30. The molecule has 1 fully saturated rings. The third kappa shape index (κ3) is 3.88. The molecule has 0 saturated heterocycles. The molecule has 7 heteroatoms. The minimum Gasteiger partial charge on any atom is -0.325 e. The summed E-state index contributed by atoms with van der Waals surface area (Å²) >= 11 is 0. The fraction of sp³-hybridized carbons (Fsp3) is 0.435. The Balaban J connectivity index is 1.97. The summed E-state index contributed by atoms with van der Waals surface area (Å²) < 4.78 is 40.7. The Kier molecular flexibility index (Phi) is 6.34. The van der Waals surface area contributed by atoms with E-state index >= 15 is 0 Å². The maximum atomic E-state index is 13.4. The van der Waals surface area contributed by atoms with Gasteiger partial charge in [-0.15, -0.1) is 0 Å². The molecule has 30 heavy (non-hydrogen) atoms. The molecule has 2 aromatic rings. The molecule has 0 spiro atoms. The van der Waals surface area contributed by atoms with Gasteiger partial charge in [0.1, 0.15) is 5.82 Å². The minimum absolute atomic E-state index is 0.175. The Bertz CT molecular complexity index is 1040. The lowest BCUT2D eigenvalue weighted by Gasteiger charge is -2.41. The van der Waals surface area contributed by atoms with Crippen LogP contribution in [0.15, 0.2) is 41.3 Å². The van der Waals surface area contributed by atoms with E-state index in [1.54, 1.807) is 38.1 Å². The lowest BCUT2D eigenvalue weighted by Crippen LogP contribution is -2.46. The molecule has 0 heterocycles. The number of hydrogen-bond donors (Lipinski definition) is 1. The molecule has 0 radical (unpaired) electrons. The zero-order valence-corrected chi connectivity index (χ0v) is 18.8. The summed E-state index contributed by atoms with van der Waals surface area (Å²) in [5.41, 5.74) is 2.20. The van der Waals surface area contributed by atoms with Crippen molar-refractivity contribution in [1.82, 2.24) is 4.31 Å². The molecule has 0 aromatic heterocycles. The van der Waals surface area contributed by atoms with E-state index in [2.05, 4.69) is 5.32 Å². The number of nitrogens with zero attached hydrogens (tertiary/aromatic N) is 1. The maximum Gasteiger partial charge on any atom is 0.243 e. The molecule has 1 aliphatic carbocycles. The SMILES string of the molecule is CCN(CC)S(=O)(=O)c1cc(C)c(C)c(NC(=O)C2(c3ccc(F)cc3)CCC2)c1. The molecule has 0 aliphatic heterocycles. The Labute approximate surface area is 178 Å². The van der Waals surface area contributed by atoms with E-state index in [1.165, 1.54) is 16.4 Å². The fourth-order valence-corrected chi connectivity index (χ4v) is 5.58. The lowest BCUT2D eigenvalue weighted by molar-refractivity contribution is -0.124. The van der Waals surface area contributed by atoms with Gasteiger partial charge in [0, 0.05) is 18.8 Å². The van der Waals surface area contributed by atoms with E-state index in [-0.39, 0.29) is 16.6 Å². The summed E-state index contributed by atoms with van der Waals surface area (Å²) in [6.07, 6.45) is 2.28. The molecule has 5 nitrogen and oxygen atoms in total. The predicted molar refractivity (Wildman–Crippen MR) is 117 cm³/mol. The number of sulfonamides is 1. The van der Waals surface area contributed by atoms with Gasteiger partial charge in [0.25, 0.3) is 0 Å². The molecule has 1 amide bonds. The number of nitrogens with one attached hydrogen (secondary N) is 1. The third-order valence-electron chi connectivity index (χ3n) is 6.27. The topological polar surface area (TPSA) is 66.5 Å². The van der Waals surface area contributed by atoms with Crippen LogP contribution >= 0.6 is 0 Å². The monoisotopic (exact) mass is 432 g/mol. The second-order valence-electron chi connectivity index (χ2n) is 7.90. The van der Waals surface area contributed by atoms with Crippen molar-refractivity contribution in [1.29, 1.82) is 0 Å². The first-order valence-corrected chi connectivity index (χ1v) is 11.8. The van der Waals surface area contributed by atoms with Gasteiger partial charge in [-0.25, -0.2) is 12.8 Å². The first-order chi connectivity index (χ1) is 14.2.